The fourth-order valence-electron chi connectivity index (χ4n) is 2.75. The number of hydrogen-bond acceptors (Lipinski definition) is 6. The number of rotatable bonds is 7. The third-order valence-electron chi connectivity index (χ3n) is 4.14. The van der Waals surface area contributed by atoms with E-state index in [1.807, 2.05) is 13.8 Å². The highest BCUT2D eigenvalue weighted by Crippen LogP contribution is 2.16. The molecular weight excluding hydrogens is 351 g/mol. The molecule has 3 aromatic rings. The molecule has 0 saturated heterocycles. The molecule has 1 aromatic carbocycles. The van der Waals surface area contributed by atoms with Gasteiger partial charge in [-0.15, -0.1) is 5.10 Å². The molecule has 3 N–H and O–H groups in total. The molecule has 0 atom stereocenters. The van der Waals surface area contributed by atoms with E-state index >= 15 is 0 Å². The van der Waals surface area contributed by atoms with Crippen LogP contribution in [0, 0.1) is 19.7 Å². The van der Waals surface area contributed by atoms with Gasteiger partial charge in [0.1, 0.15) is 0 Å². The van der Waals surface area contributed by atoms with E-state index in [9.17, 15) is 9.18 Å². The fraction of sp³-hybridized carbons (Fsp3) is 0.333. The highest BCUT2D eigenvalue weighted by atomic mass is 19.1. The predicted octanol–water partition coefficient (Wildman–Crippen LogP) is 1.59. The number of nitrogens with two attached hydrogens (primary N) is 1. The van der Waals surface area contributed by atoms with Gasteiger partial charge >= 0.3 is 0 Å². The van der Waals surface area contributed by atoms with Crippen molar-refractivity contribution >= 4 is 17.6 Å². The number of para-hydroxylation sites is 1. The van der Waals surface area contributed by atoms with E-state index in [-0.39, 0.29) is 24.0 Å². The van der Waals surface area contributed by atoms with E-state index in [0.29, 0.717) is 31.0 Å². The van der Waals surface area contributed by atoms with E-state index in [0.717, 1.165) is 11.3 Å². The van der Waals surface area contributed by atoms with Crippen LogP contribution in [0.3, 0.4) is 0 Å². The summed E-state index contributed by atoms with van der Waals surface area (Å²) in [5.41, 5.74) is 7.88. The maximum absolute atomic E-state index is 13.4. The number of aryl methyl sites for hydroxylation is 2. The van der Waals surface area contributed by atoms with Crippen LogP contribution in [0.4, 0.5) is 10.3 Å². The van der Waals surface area contributed by atoms with Gasteiger partial charge in [-0.2, -0.15) is 9.50 Å². The van der Waals surface area contributed by atoms with Crippen molar-refractivity contribution in [1.82, 2.24) is 24.9 Å². The second-order valence-corrected chi connectivity index (χ2v) is 6.10. The summed E-state index contributed by atoms with van der Waals surface area (Å²) >= 11 is 0. The Morgan fingerprint density at radius 2 is 2.07 bits per heavy atom. The highest BCUT2D eigenvalue weighted by Gasteiger charge is 2.15. The van der Waals surface area contributed by atoms with Crippen LogP contribution in [0.1, 0.15) is 23.4 Å². The molecular formula is C18H21FN6O2. The number of nitrogens with one attached hydrogen (secondary N) is 1. The van der Waals surface area contributed by atoms with Crippen molar-refractivity contribution in [3.63, 3.8) is 0 Å². The summed E-state index contributed by atoms with van der Waals surface area (Å²) in [6.07, 6.45) is 0.740. The normalized spacial score (nSPS) is 10.9. The number of anilines is 1. The number of amides is 1. The third kappa shape index (κ3) is 4.30. The minimum absolute atomic E-state index is 0.138. The Morgan fingerprint density at radius 3 is 2.85 bits per heavy atom. The monoisotopic (exact) mass is 372 g/mol. The molecule has 0 spiro atoms. The number of fused-ring (bicyclic) bond motifs is 1. The van der Waals surface area contributed by atoms with E-state index in [2.05, 4.69) is 20.4 Å². The highest BCUT2D eigenvalue weighted by molar-refractivity contribution is 5.79. The minimum atomic E-state index is -0.399. The maximum Gasteiger partial charge on any atom is 0.254 e. The predicted molar refractivity (Wildman–Crippen MR) is 97.9 cm³/mol. The van der Waals surface area contributed by atoms with Crippen LogP contribution >= 0.6 is 0 Å². The van der Waals surface area contributed by atoms with Gasteiger partial charge in [-0.25, -0.2) is 9.37 Å². The average Bonchev–Trinajstić information content (AvgIpc) is 3.00. The van der Waals surface area contributed by atoms with Gasteiger partial charge in [0.05, 0.1) is 13.0 Å². The summed E-state index contributed by atoms with van der Waals surface area (Å²) in [4.78, 5) is 20.6. The molecule has 0 unspecified atom stereocenters. The lowest BCUT2D eigenvalue weighted by atomic mass is 10.1. The van der Waals surface area contributed by atoms with Crippen LogP contribution in [-0.4, -0.2) is 38.6 Å². The van der Waals surface area contributed by atoms with Crippen molar-refractivity contribution in [2.24, 2.45) is 0 Å². The summed E-state index contributed by atoms with van der Waals surface area (Å²) in [5.74, 6) is 0.227. The van der Waals surface area contributed by atoms with Crippen LogP contribution in [-0.2, 0) is 11.2 Å². The van der Waals surface area contributed by atoms with Gasteiger partial charge in [-0.3, -0.25) is 4.79 Å². The van der Waals surface area contributed by atoms with Crippen molar-refractivity contribution in [2.75, 3.05) is 18.9 Å². The van der Waals surface area contributed by atoms with Crippen LogP contribution < -0.4 is 15.8 Å². The van der Waals surface area contributed by atoms with Crippen LogP contribution in [0.2, 0.25) is 0 Å². The van der Waals surface area contributed by atoms with Crippen molar-refractivity contribution < 1.29 is 13.9 Å². The van der Waals surface area contributed by atoms with E-state index < -0.39 is 5.82 Å². The lowest BCUT2D eigenvalue weighted by molar-refractivity contribution is -0.120. The quantitative estimate of drug-likeness (QED) is 0.610. The standard InChI is InChI=1S/C18H21FN6O2/c1-11-13(12(2)25-18(22-11)23-17(20)24-25)10-16(26)21-8-5-9-27-15-7-4-3-6-14(15)19/h3-4,6-7H,5,8-10H2,1-2H3,(H2,20,24)(H,21,26). The molecule has 9 heteroatoms. The summed E-state index contributed by atoms with van der Waals surface area (Å²) in [6, 6.07) is 6.22. The van der Waals surface area contributed by atoms with Crippen LogP contribution in [0.5, 0.6) is 5.75 Å². The number of hydrogen-bond donors (Lipinski definition) is 2. The summed E-state index contributed by atoms with van der Waals surface area (Å²) in [5, 5.41) is 6.92. The van der Waals surface area contributed by atoms with Gasteiger partial charge < -0.3 is 15.8 Å². The molecule has 0 aliphatic rings. The van der Waals surface area contributed by atoms with Crippen LogP contribution in [0.25, 0.3) is 5.78 Å². The molecule has 0 aliphatic carbocycles. The molecule has 142 valence electrons. The number of carbonyl (C=O) groups is 1. The van der Waals surface area contributed by atoms with Gasteiger partial charge in [0.2, 0.25) is 11.9 Å². The van der Waals surface area contributed by atoms with E-state index in [4.69, 9.17) is 10.5 Å². The Balaban J connectivity index is 1.51. The second-order valence-electron chi connectivity index (χ2n) is 6.10. The first kappa shape index (κ1) is 18.6. The molecule has 3 rings (SSSR count). The zero-order valence-corrected chi connectivity index (χ0v) is 15.2. The maximum atomic E-state index is 13.4. The molecule has 0 aliphatic heterocycles. The van der Waals surface area contributed by atoms with Gasteiger partial charge in [0, 0.05) is 23.5 Å². The largest absolute Gasteiger partial charge is 0.490 e. The topological polar surface area (TPSA) is 107 Å². The van der Waals surface area contributed by atoms with Crippen molar-refractivity contribution in [1.29, 1.82) is 0 Å². The van der Waals surface area contributed by atoms with Gasteiger partial charge in [-0.05, 0) is 32.4 Å². The Kier molecular flexibility index (Phi) is 5.49. The molecule has 0 bridgehead atoms. The van der Waals surface area contributed by atoms with Crippen molar-refractivity contribution in [2.45, 2.75) is 26.7 Å². The Labute approximate surface area is 155 Å². The molecule has 8 nitrogen and oxygen atoms in total. The van der Waals surface area contributed by atoms with Gasteiger partial charge in [-0.1, -0.05) is 12.1 Å². The van der Waals surface area contributed by atoms with E-state index in [1.54, 1.807) is 18.2 Å². The number of aromatic nitrogens is 4. The molecule has 27 heavy (non-hydrogen) atoms. The number of halogens is 1. The van der Waals surface area contributed by atoms with Crippen molar-refractivity contribution in [3.05, 3.63) is 47.0 Å². The summed E-state index contributed by atoms with van der Waals surface area (Å²) in [7, 11) is 0. The number of nitrogen functional groups attached to an aromatic ring is 1. The Hall–Kier alpha value is -3.23. The molecule has 2 heterocycles. The summed E-state index contributed by atoms with van der Waals surface area (Å²) in [6.45, 7) is 4.41. The van der Waals surface area contributed by atoms with Crippen molar-refractivity contribution in [3.8, 4) is 5.75 Å². The molecule has 1 amide bonds. The lowest BCUT2D eigenvalue weighted by Gasteiger charge is -2.11. The van der Waals surface area contributed by atoms with Crippen LogP contribution in [0.15, 0.2) is 24.3 Å². The first-order valence-corrected chi connectivity index (χ1v) is 8.58. The zero-order valence-electron chi connectivity index (χ0n) is 15.2. The Bertz CT molecular complexity index is 972. The smallest absolute Gasteiger partial charge is 0.254 e. The molecule has 0 radical (unpaired) electrons. The molecule has 0 saturated carbocycles. The third-order valence-corrected chi connectivity index (χ3v) is 4.14. The summed E-state index contributed by atoms with van der Waals surface area (Å²) < 4.78 is 20.3. The van der Waals surface area contributed by atoms with E-state index in [1.165, 1.54) is 10.6 Å². The first-order chi connectivity index (χ1) is 13.0. The lowest BCUT2D eigenvalue weighted by Crippen LogP contribution is -2.28. The molecule has 2 aromatic heterocycles. The van der Waals surface area contributed by atoms with Gasteiger partial charge in [0.15, 0.2) is 11.6 Å². The number of nitrogens with zero attached hydrogens (tertiary/aromatic N) is 4. The average molecular weight is 372 g/mol. The second kappa shape index (κ2) is 7.98. The number of ether oxygens (including phenoxy) is 1. The van der Waals surface area contributed by atoms with Gasteiger partial charge in [0.25, 0.3) is 5.78 Å². The SMILES string of the molecule is Cc1nc2nc(N)nn2c(C)c1CC(=O)NCCCOc1ccccc1F. The number of benzene rings is 1. The first-order valence-electron chi connectivity index (χ1n) is 8.58. The Morgan fingerprint density at radius 1 is 1.30 bits per heavy atom. The molecule has 0 fully saturated rings. The minimum Gasteiger partial charge on any atom is -0.490 e. The fourth-order valence-corrected chi connectivity index (χ4v) is 2.75. The zero-order chi connectivity index (χ0) is 19.4. The number of carbonyl (C=O) groups excluding carboxylic acids is 1.